The molecule has 1 heterocycles. The molecule has 2 aromatic rings. The first-order valence-corrected chi connectivity index (χ1v) is 5.08. The SMILES string of the molecule is CCOC(=O)c1cc2c(C)c(F)ccc2[nH]1. The van der Waals surface area contributed by atoms with Gasteiger partial charge < -0.3 is 9.72 Å². The summed E-state index contributed by atoms with van der Waals surface area (Å²) in [6.07, 6.45) is 0. The first kappa shape index (κ1) is 10.7. The maximum Gasteiger partial charge on any atom is 0.354 e. The number of carbonyl (C=O) groups excluding carboxylic acids is 1. The number of ether oxygens (including phenoxy) is 1. The van der Waals surface area contributed by atoms with Crippen LogP contribution in [0, 0.1) is 12.7 Å². The summed E-state index contributed by atoms with van der Waals surface area (Å²) < 4.78 is 18.1. The third kappa shape index (κ3) is 1.66. The van der Waals surface area contributed by atoms with Crippen molar-refractivity contribution in [2.75, 3.05) is 6.61 Å². The lowest BCUT2D eigenvalue weighted by molar-refractivity contribution is 0.0520. The molecule has 0 unspecified atom stereocenters. The molecule has 0 atom stereocenters. The smallest absolute Gasteiger partial charge is 0.354 e. The molecule has 0 amide bonds. The third-order valence-electron chi connectivity index (χ3n) is 2.50. The topological polar surface area (TPSA) is 42.1 Å². The quantitative estimate of drug-likeness (QED) is 0.792. The summed E-state index contributed by atoms with van der Waals surface area (Å²) in [5.41, 5.74) is 1.62. The number of aryl methyl sites for hydroxylation is 1. The molecule has 0 aliphatic carbocycles. The van der Waals surface area contributed by atoms with Crippen molar-refractivity contribution >= 4 is 16.9 Å². The van der Waals surface area contributed by atoms with E-state index < -0.39 is 5.97 Å². The van der Waals surface area contributed by atoms with Crippen LogP contribution in [0.15, 0.2) is 18.2 Å². The first-order chi connectivity index (χ1) is 7.63. The third-order valence-corrected chi connectivity index (χ3v) is 2.50. The highest BCUT2D eigenvalue weighted by atomic mass is 19.1. The molecule has 1 N–H and O–H groups in total. The zero-order valence-electron chi connectivity index (χ0n) is 9.13. The van der Waals surface area contributed by atoms with Crippen LogP contribution in [0.5, 0.6) is 0 Å². The zero-order chi connectivity index (χ0) is 11.7. The van der Waals surface area contributed by atoms with Gasteiger partial charge in [-0.2, -0.15) is 0 Å². The van der Waals surface area contributed by atoms with Gasteiger partial charge in [0.15, 0.2) is 0 Å². The van der Waals surface area contributed by atoms with Crippen LogP contribution in [-0.2, 0) is 4.74 Å². The van der Waals surface area contributed by atoms with E-state index in [9.17, 15) is 9.18 Å². The second-order valence-electron chi connectivity index (χ2n) is 3.54. The van der Waals surface area contributed by atoms with Crippen molar-refractivity contribution in [1.29, 1.82) is 0 Å². The average molecular weight is 221 g/mol. The molecule has 0 saturated carbocycles. The van der Waals surface area contributed by atoms with Crippen molar-refractivity contribution in [2.45, 2.75) is 13.8 Å². The Kier molecular flexibility index (Phi) is 2.64. The van der Waals surface area contributed by atoms with E-state index in [1.54, 1.807) is 26.0 Å². The van der Waals surface area contributed by atoms with Gasteiger partial charge in [-0.25, -0.2) is 9.18 Å². The van der Waals surface area contributed by atoms with E-state index >= 15 is 0 Å². The number of rotatable bonds is 2. The molecular formula is C12H12FNO2. The molecule has 0 spiro atoms. The molecule has 3 nitrogen and oxygen atoms in total. The van der Waals surface area contributed by atoms with Gasteiger partial charge in [-0.1, -0.05) is 0 Å². The highest BCUT2D eigenvalue weighted by molar-refractivity contribution is 5.95. The average Bonchev–Trinajstić information content (AvgIpc) is 2.69. The summed E-state index contributed by atoms with van der Waals surface area (Å²) in [5, 5.41) is 0.711. The summed E-state index contributed by atoms with van der Waals surface area (Å²) in [7, 11) is 0. The minimum absolute atomic E-state index is 0.276. The Bertz CT molecular complexity index is 545. The first-order valence-electron chi connectivity index (χ1n) is 5.08. The zero-order valence-corrected chi connectivity index (χ0v) is 9.13. The fourth-order valence-electron chi connectivity index (χ4n) is 1.64. The van der Waals surface area contributed by atoms with Crippen molar-refractivity contribution in [1.82, 2.24) is 4.98 Å². The Morgan fingerprint density at radius 1 is 1.50 bits per heavy atom. The normalized spacial score (nSPS) is 10.7. The fraction of sp³-hybridized carbons (Fsp3) is 0.250. The minimum Gasteiger partial charge on any atom is -0.461 e. The predicted molar refractivity (Wildman–Crippen MR) is 59.0 cm³/mol. The Hall–Kier alpha value is -1.84. The summed E-state index contributed by atoms with van der Waals surface area (Å²) in [4.78, 5) is 14.4. The van der Waals surface area contributed by atoms with Crippen LogP contribution < -0.4 is 0 Å². The van der Waals surface area contributed by atoms with Crippen LogP contribution in [0.25, 0.3) is 10.9 Å². The Morgan fingerprint density at radius 2 is 2.25 bits per heavy atom. The Balaban J connectivity index is 2.52. The van der Waals surface area contributed by atoms with Gasteiger partial charge in [-0.3, -0.25) is 0 Å². The molecule has 0 saturated heterocycles. The predicted octanol–water partition coefficient (Wildman–Crippen LogP) is 2.79. The molecule has 1 aromatic heterocycles. The maximum absolute atomic E-state index is 13.3. The van der Waals surface area contributed by atoms with Crippen molar-refractivity contribution in [3.05, 3.63) is 35.3 Å². The van der Waals surface area contributed by atoms with E-state index in [-0.39, 0.29) is 5.82 Å². The molecule has 0 aliphatic rings. The Morgan fingerprint density at radius 3 is 2.94 bits per heavy atom. The summed E-state index contributed by atoms with van der Waals surface area (Å²) in [5.74, 6) is -0.694. The summed E-state index contributed by atoms with van der Waals surface area (Å²) in [6.45, 7) is 3.74. The second kappa shape index (κ2) is 3.96. The van der Waals surface area contributed by atoms with Gasteiger partial charge in [-0.15, -0.1) is 0 Å². The number of aromatic nitrogens is 1. The van der Waals surface area contributed by atoms with Gasteiger partial charge in [0, 0.05) is 10.9 Å². The number of hydrogen-bond acceptors (Lipinski definition) is 2. The van der Waals surface area contributed by atoms with E-state index in [0.29, 0.717) is 23.3 Å². The highest BCUT2D eigenvalue weighted by Gasteiger charge is 2.12. The number of H-pyrrole nitrogens is 1. The molecule has 16 heavy (non-hydrogen) atoms. The van der Waals surface area contributed by atoms with E-state index in [1.807, 2.05) is 0 Å². The maximum atomic E-state index is 13.3. The van der Waals surface area contributed by atoms with Gasteiger partial charge in [0.25, 0.3) is 0 Å². The number of aromatic amines is 1. The van der Waals surface area contributed by atoms with Crippen molar-refractivity contribution < 1.29 is 13.9 Å². The molecule has 1 aromatic carbocycles. The van der Waals surface area contributed by atoms with E-state index in [2.05, 4.69) is 4.98 Å². The van der Waals surface area contributed by atoms with Crippen LogP contribution in [0.2, 0.25) is 0 Å². The molecule has 0 aliphatic heterocycles. The van der Waals surface area contributed by atoms with Crippen LogP contribution in [0.1, 0.15) is 23.0 Å². The number of benzene rings is 1. The van der Waals surface area contributed by atoms with E-state index in [1.165, 1.54) is 6.07 Å². The van der Waals surface area contributed by atoms with Gasteiger partial charge in [0.2, 0.25) is 0 Å². The number of fused-ring (bicyclic) bond motifs is 1. The second-order valence-corrected chi connectivity index (χ2v) is 3.54. The fourth-order valence-corrected chi connectivity index (χ4v) is 1.64. The van der Waals surface area contributed by atoms with Crippen molar-refractivity contribution in [2.24, 2.45) is 0 Å². The van der Waals surface area contributed by atoms with Crippen LogP contribution in [0.4, 0.5) is 4.39 Å². The monoisotopic (exact) mass is 221 g/mol. The number of nitrogens with one attached hydrogen (secondary N) is 1. The van der Waals surface area contributed by atoms with Crippen molar-refractivity contribution in [3.63, 3.8) is 0 Å². The van der Waals surface area contributed by atoms with E-state index in [4.69, 9.17) is 4.74 Å². The van der Waals surface area contributed by atoms with Crippen LogP contribution in [0.3, 0.4) is 0 Å². The molecule has 4 heteroatoms. The van der Waals surface area contributed by atoms with Gasteiger partial charge in [-0.05, 0) is 37.6 Å². The Labute approximate surface area is 92.2 Å². The summed E-state index contributed by atoms with van der Waals surface area (Å²) >= 11 is 0. The molecule has 0 fully saturated rings. The number of halogens is 1. The van der Waals surface area contributed by atoms with Gasteiger partial charge in [0.05, 0.1) is 6.61 Å². The number of hydrogen-bond donors (Lipinski definition) is 1. The molecular weight excluding hydrogens is 209 g/mol. The lowest BCUT2D eigenvalue weighted by atomic mass is 10.1. The largest absolute Gasteiger partial charge is 0.461 e. The number of esters is 1. The van der Waals surface area contributed by atoms with Gasteiger partial charge in [0.1, 0.15) is 11.5 Å². The van der Waals surface area contributed by atoms with E-state index in [0.717, 1.165) is 5.52 Å². The standard InChI is InChI=1S/C12H12FNO2/c1-3-16-12(15)11-6-8-7(2)9(13)4-5-10(8)14-11/h4-6,14H,3H2,1-2H3. The lowest BCUT2D eigenvalue weighted by Gasteiger charge is -1.96. The molecule has 0 radical (unpaired) electrons. The van der Waals surface area contributed by atoms with Crippen LogP contribution >= 0.6 is 0 Å². The van der Waals surface area contributed by atoms with Crippen LogP contribution in [-0.4, -0.2) is 17.6 Å². The molecule has 0 bridgehead atoms. The molecule has 2 rings (SSSR count). The minimum atomic E-state index is -0.418. The highest BCUT2D eigenvalue weighted by Crippen LogP contribution is 2.22. The lowest BCUT2D eigenvalue weighted by Crippen LogP contribution is -2.04. The van der Waals surface area contributed by atoms with Gasteiger partial charge >= 0.3 is 5.97 Å². The summed E-state index contributed by atoms with van der Waals surface area (Å²) in [6, 6.07) is 4.61. The molecule has 84 valence electrons. The number of carbonyl (C=O) groups is 1. The van der Waals surface area contributed by atoms with Crippen molar-refractivity contribution in [3.8, 4) is 0 Å².